The highest BCUT2D eigenvalue weighted by molar-refractivity contribution is 7.91. The molecule has 0 aromatic heterocycles. The van der Waals surface area contributed by atoms with Crippen molar-refractivity contribution in [1.82, 2.24) is 4.90 Å². The first-order chi connectivity index (χ1) is 12.8. The van der Waals surface area contributed by atoms with Gasteiger partial charge in [-0.2, -0.15) is 13.2 Å². The van der Waals surface area contributed by atoms with E-state index in [4.69, 9.17) is 6.57 Å². The molecule has 1 aliphatic heterocycles. The van der Waals surface area contributed by atoms with Crippen molar-refractivity contribution in [3.05, 3.63) is 46.8 Å². The van der Waals surface area contributed by atoms with E-state index in [0.717, 1.165) is 31.5 Å². The van der Waals surface area contributed by atoms with Crippen LogP contribution in [0.3, 0.4) is 0 Å². The van der Waals surface area contributed by atoms with Crippen molar-refractivity contribution in [1.29, 1.82) is 0 Å². The number of alkyl halides is 3. The Hall–Kier alpha value is -1.59. The summed E-state index contributed by atoms with van der Waals surface area (Å²) < 4.78 is 60.6. The van der Waals surface area contributed by atoms with Gasteiger partial charge in [0.25, 0.3) is 9.84 Å². The fourth-order valence-electron chi connectivity index (χ4n) is 3.81. The van der Waals surface area contributed by atoms with Crippen LogP contribution in [0.25, 0.3) is 4.85 Å². The SMILES string of the molecule is [C-]#[N+]CC1(C(C)(C)C)CCN(Cc2cccc(CS(=O)(=O)C(F)(F)F)c2)CC1. The lowest BCUT2D eigenvalue weighted by Gasteiger charge is -2.46. The predicted molar refractivity (Wildman–Crippen MR) is 103 cm³/mol. The number of benzene rings is 1. The molecule has 0 saturated carbocycles. The van der Waals surface area contributed by atoms with E-state index in [1.54, 1.807) is 12.1 Å². The number of likely N-dealkylation sites (tertiary alicyclic amines) is 1. The highest BCUT2D eigenvalue weighted by Crippen LogP contribution is 2.47. The summed E-state index contributed by atoms with van der Waals surface area (Å²) in [5.41, 5.74) is -4.31. The summed E-state index contributed by atoms with van der Waals surface area (Å²) in [5, 5.41) is 0. The van der Waals surface area contributed by atoms with Crippen LogP contribution < -0.4 is 0 Å². The average molecular weight is 417 g/mol. The zero-order valence-electron chi connectivity index (χ0n) is 16.5. The van der Waals surface area contributed by atoms with Gasteiger partial charge in [-0.25, -0.2) is 15.0 Å². The number of nitrogens with zero attached hydrogens (tertiary/aromatic N) is 2. The highest BCUT2D eigenvalue weighted by Gasteiger charge is 2.47. The molecule has 0 amide bonds. The van der Waals surface area contributed by atoms with Crippen molar-refractivity contribution in [2.45, 2.75) is 51.4 Å². The van der Waals surface area contributed by atoms with Crippen molar-refractivity contribution in [2.75, 3.05) is 19.6 Å². The Morgan fingerprint density at radius 3 is 2.21 bits per heavy atom. The van der Waals surface area contributed by atoms with Crippen LogP contribution in [0.2, 0.25) is 0 Å². The van der Waals surface area contributed by atoms with Crippen LogP contribution in [0.15, 0.2) is 24.3 Å². The lowest BCUT2D eigenvalue weighted by molar-refractivity contribution is -0.0437. The molecule has 1 aromatic rings. The maximum Gasteiger partial charge on any atom is 0.497 e. The van der Waals surface area contributed by atoms with Gasteiger partial charge in [0.1, 0.15) is 0 Å². The number of piperidine rings is 1. The molecule has 8 heteroatoms. The van der Waals surface area contributed by atoms with Crippen molar-refractivity contribution in [3.63, 3.8) is 0 Å². The second-order valence-corrected chi connectivity index (χ2v) is 10.6. The molecule has 0 radical (unpaired) electrons. The van der Waals surface area contributed by atoms with Gasteiger partial charge in [0.2, 0.25) is 6.54 Å². The third-order valence-electron chi connectivity index (χ3n) is 5.89. The van der Waals surface area contributed by atoms with Crippen molar-refractivity contribution < 1.29 is 21.6 Å². The van der Waals surface area contributed by atoms with Gasteiger partial charge in [0, 0.05) is 12.0 Å². The molecule has 1 aromatic carbocycles. The third-order valence-corrected chi connectivity index (χ3v) is 7.31. The Kier molecular flexibility index (Phi) is 6.51. The van der Waals surface area contributed by atoms with Gasteiger partial charge in [0.15, 0.2) is 0 Å². The Bertz CT molecular complexity index is 828. The monoisotopic (exact) mass is 416 g/mol. The highest BCUT2D eigenvalue weighted by atomic mass is 32.2. The van der Waals surface area contributed by atoms with Crippen LogP contribution in [-0.2, 0) is 22.1 Å². The number of rotatable bonds is 5. The maximum atomic E-state index is 12.6. The molecule has 0 atom stereocenters. The molecule has 0 N–H and O–H groups in total. The molecule has 1 saturated heterocycles. The largest absolute Gasteiger partial charge is 0.497 e. The van der Waals surface area contributed by atoms with Gasteiger partial charge < -0.3 is 4.85 Å². The summed E-state index contributed by atoms with van der Waals surface area (Å²) >= 11 is 0. The van der Waals surface area contributed by atoms with Crippen LogP contribution >= 0.6 is 0 Å². The van der Waals surface area contributed by atoms with Gasteiger partial charge in [-0.05, 0) is 42.5 Å². The zero-order valence-corrected chi connectivity index (χ0v) is 17.3. The average Bonchev–Trinajstić information content (AvgIpc) is 2.55. The van der Waals surface area contributed by atoms with Gasteiger partial charge in [-0.1, -0.05) is 45.0 Å². The topological polar surface area (TPSA) is 41.7 Å². The van der Waals surface area contributed by atoms with E-state index in [2.05, 4.69) is 30.5 Å². The molecule has 4 nitrogen and oxygen atoms in total. The Labute approximate surface area is 165 Å². The van der Waals surface area contributed by atoms with Crippen molar-refractivity contribution in [2.24, 2.45) is 10.8 Å². The predicted octanol–water partition coefficient (Wildman–Crippen LogP) is 4.67. The van der Waals surface area contributed by atoms with Gasteiger partial charge in [0.05, 0.1) is 5.75 Å². The summed E-state index contributed by atoms with van der Waals surface area (Å²) in [6, 6.07) is 6.34. The van der Waals surface area contributed by atoms with E-state index in [1.807, 2.05) is 0 Å². The molecule has 0 bridgehead atoms. The lowest BCUT2D eigenvalue weighted by atomic mass is 9.61. The quantitative estimate of drug-likeness (QED) is 0.655. The fourth-order valence-corrected chi connectivity index (χ4v) is 4.60. The number of halogens is 3. The minimum atomic E-state index is -5.24. The number of hydrogen-bond donors (Lipinski definition) is 0. The first-order valence-electron chi connectivity index (χ1n) is 9.22. The van der Waals surface area contributed by atoms with Crippen LogP contribution in [0.5, 0.6) is 0 Å². The molecule has 156 valence electrons. The normalized spacial score (nSPS) is 18.6. The van der Waals surface area contributed by atoms with E-state index < -0.39 is 21.1 Å². The Morgan fingerprint density at radius 2 is 1.71 bits per heavy atom. The molecule has 0 spiro atoms. The van der Waals surface area contributed by atoms with Crippen LogP contribution in [0.4, 0.5) is 13.2 Å². The lowest BCUT2D eigenvalue weighted by Crippen LogP contribution is -2.47. The van der Waals surface area contributed by atoms with Crippen LogP contribution in [0, 0.1) is 17.4 Å². The summed E-state index contributed by atoms with van der Waals surface area (Å²) in [4.78, 5) is 5.87. The van der Waals surface area contributed by atoms with Gasteiger partial charge in [-0.3, -0.25) is 4.90 Å². The molecule has 1 aliphatic rings. The fraction of sp³-hybridized carbons (Fsp3) is 0.650. The molecule has 0 aliphatic carbocycles. The molecular formula is C20H27F3N2O2S. The molecular weight excluding hydrogens is 389 g/mol. The van der Waals surface area contributed by atoms with Crippen LogP contribution in [-0.4, -0.2) is 38.5 Å². The smallest absolute Gasteiger partial charge is 0.316 e. The molecule has 0 unspecified atom stereocenters. The minimum absolute atomic E-state index is 0.0233. The second-order valence-electron chi connectivity index (χ2n) is 8.65. The zero-order chi connectivity index (χ0) is 21.2. The van der Waals surface area contributed by atoms with E-state index in [-0.39, 0.29) is 16.4 Å². The second kappa shape index (κ2) is 8.03. The number of sulfone groups is 1. The van der Waals surface area contributed by atoms with E-state index in [0.29, 0.717) is 13.1 Å². The van der Waals surface area contributed by atoms with Crippen molar-refractivity contribution >= 4 is 9.84 Å². The molecule has 28 heavy (non-hydrogen) atoms. The van der Waals surface area contributed by atoms with Gasteiger partial charge in [-0.15, -0.1) is 0 Å². The number of hydrogen-bond acceptors (Lipinski definition) is 3. The molecule has 1 fully saturated rings. The van der Waals surface area contributed by atoms with Gasteiger partial charge >= 0.3 is 5.51 Å². The Balaban J connectivity index is 2.06. The standard InChI is InChI=1S/C20H27F3N2O2S/c1-18(2,3)19(15-24-4)8-10-25(11-9-19)13-16-6-5-7-17(12-16)14-28(26,27)20(21,22)23/h5-7,12H,8-11,13-15H2,1-3H3. The first kappa shape index (κ1) is 22.7. The summed E-state index contributed by atoms with van der Waals surface area (Å²) in [6.45, 7) is 16.4. The van der Waals surface area contributed by atoms with E-state index in [9.17, 15) is 21.6 Å². The molecule has 1 heterocycles. The summed E-state index contributed by atoms with van der Waals surface area (Å²) in [5.74, 6) is -1.04. The maximum absolute atomic E-state index is 12.6. The van der Waals surface area contributed by atoms with E-state index in [1.165, 1.54) is 12.1 Å². The summed E-state index contributed by atoms with van der Waals surface area (Å²) in [6.07, 6.45) is 1.78. The summed E-state index contributed by atoms with van der Waals surface area (Å²) in [7, 11) is -5.18. The van der Waals surface area contributed by atoms with E-state index >= 15 is 0 Å². The Morgan fingerprint density at radius 1 is 1.14 bits per heavy atom. The molecule has 2 rings (SSSR count). The van der Waals surface area contributed by atoms with Crippen LogP contribution in [0.1, 0.15) is 44.7 Å². The third kappa shape index (κ3) is 5.06. The minimum Gasteiger partial charge on any atom is -0.316 e. The van der Waals surface area contributed by atoms with Crippen molar-refractivity contribution in [3.8, 4) is 0 Å². The first-order valence-corrected chi connectivity index (χ1v) is 10.9.